The van der Waals surface area contributed by atoms with Crippen LogP contribution >= 0.6 is 11.3 Å². The maximum atomic E-state index is 13.0. The third kappa shape index (κ3) is 6.25. The van der Waals surface area contributed by atoms with Crippen molar-refractivity contribution >= 4 is 29.0 Å². The number of H-pyrrole nitrogens is 1. The molecule has 0 spiro atoms. The van der Waals surface area contributed by atoms with Crippen molar-refractivity contribution < 1.29 is 19.5 Å². The molecule has 0 aliphatic heterocycles. The SMILES string of the molecule is O=C(CC(CC1CCCCC1)C(=O)N[C@@H](Cc1c[nH]cn1)C(=O)O)c1cccs1. The topological polar surface area (TPSA) is 112 Å². The summed E-state index contributed by atoms with van der Waals surface area (Å²) in [6, 6.07) is 2.51. The summed E-state index contributed by atoms with van der Waals surface area (Å²) < 4.78 is 0. The molecule has 3 N–H and O–H groups in total. The zero-order chi connectivity index (χ0) is 20.6. The number of amides is 1. The zero-order valence-electron chi connectivity index (χ0n) is 16.3. The molecule has 0 aromatic carbocycles. The maximum absolute atomic E-state index is 13.0. The van der Waals surface area contributed by atoms with Gasteiger partial charge in [-0.25, -0.2) is 9.78 Å². The molecule has 0 saturated heterocycles. The Bertz CT molecular complexity index is 798. The van der Waals surface area contributed by atoms with Crippen LogP contribution in [-0.4, -0.2) is 38.8 Å². The van der Waals surface area contributed by atoms with Crippen molar-refractivity contribution in [1.29, 1.82) is 0 Å². The summed E-state index contributed by atoms with van der Waals surface area (Å²) in [5, 5.41) is 14.0. The van der Waals surface area contributed by atoms with Gasteiger partial charge in [-0.05, 0) is 23.8 Å². The number of Topliss-reactive ketones (excluding diaryl/α,β-unsaturated/α-hetero) is 1. The first-order valence-electron chi connectivity index (χ1n) is 10.1. The highest BCUT2D eigenvalue weighted by atomic mass is 32.1. The second-order valence-electron chi connectivity index (χ2n) is 7.71. The number of carbonyl (C=O) groups excluding carboxylic acids is 2. The van der Waals surface area contributed by atoms with Crippen molar-refractivity contribution in [3.05, 3.63) is 40.6 Å². The van der Waals surface area contributed by atoms with E-state index in [2.05, 4.69) is 15.3 Å². The van der Waals surface area contributed by atoms with Crippen LogP contribution in [0.3, 0.4) is 0 Å². The molecule has 3 rings (SSSR count). The van der Waals surface area contributed by atoms with Gasteiger partial charge in [-0.1, -0.05) is 38.2 Å². The van der Waals surface area contributed by atoms with Crippen LogP contribution in [0.2, 0.25) is 0 Å². The summed E-state index contributed by atoms with van der Waals surface area (Å²) in [7, 11) is 0. The molecule has 2 heterocycles. The first-order valence-corrected chi connectivity index (χ1v) is 11.0. The molecule has 29 heavy (non-hydrogen) atoms. The summed E-state index contributed by atoms with van der Waals surface area (Å²) in [5.74, 6) is -1.64. The quantitative estimate of drug-likeness (QED) is 0.513. The van der Waals surface area contributed by atoms with Gasteiger partial charge in [-0.2, -0.15) is 0 Å². The largest absolute Gasteiger partial charge is 0.480 e. The van der Waals surface area contributed by atoms with Gasteiger partial charge in [0.05, 0.1) is 16.9 Å². The Morgan fingerprint density at radius 2 is 2.07 bits per heavy atom. The minimum Gasteiger partial charge on any atom is -0.480 e. The number of thiophene rings is 1. The number of hydrogen-bond acceptors (Lipinski definition) is 5. The van der Waals surface area contributed by atoms with Crippen LogP contribution in [0.4, 0.5) is 0 Å². The second kappa shape index (κ2) is 10.3. The van der Waals surface area contributed by atoms with E-state index in [-0.39, 0.29) is 24.5 Å². The van der Waals surface area contributed by atoms with Gasteiger partial charge in [0.2, 0.25) is 5.91 Å². The highest BCUT2D eigenvalue weighted by Gasteiger charge is 2.30. The van der Waals surface area contributed by atoms with E-state index >= 15 is 0 Å². The van der Waals surface area contributed by atoms with E-state index < -0.39 is 17.9 Å². The van der Waals surface area contributed by atoms with E-state index in [0.717, 1.165) is 25.7 Å². The molecule has 2 aromatic heterocycles. The number of nitrogens with one attached hydrogen (secondary N) is 2. The van der Waals surface area contributed by atoms with Crippen LogP contribution in [-0.2, 0) is 16.0 Å². The summed E-state index contributed by atoms with van der Waals surface area (Å²) >= 11 is 1.37. The van der Waals surface area contributed by atoms with Gasteiger partial charge in [0.1, 0.15) is 6.04 Å². The summed E-state index contributed by atoms with van der Waals surface area (Å²) in [6.07, 6.45) is 9.55. The van der Waals surface area contributed by atoms with Crippen molar-refractivity contribution in [1.82, 2.24) is 15.3 Å². The molecule has 2 aromatic rings. The van der Waals surface area contributed by atoms with Crippen LogP contribution in [0.15, 0.2) is 30.0 Å². The molecule has 156 valence electrons. The molecule has 0 radical (unpaired) electrons. The predicted octanol–water partition coefficient (Wildman–Crippen LogP) is 3.44. The van der Waals surface area contributed by atoms with Gasteiger partial charge in [0, 0.05) is 25.0 Å². The van der Waals surface area contributed by atoms with E-state index in [9.17, 15) is 19.5 Å². The van der Waals surface area contributed by atoms with Crippen molar-refractivity contribution in [2.24, 2.45) is 11.8 Å². The second-order valence-corrected chi connectivity index (χ2v) is 8.65. The Morgan fingerprint density at radius 1 is 1.28 bits per heavy atom. The van der Waals surface area contributed by atoms with Crippen molar-refractivity contribution in [2.75, 3.05) is 0 Å². The third-order valence-electron chi connectivity index (χ3n) is 5.52. The number of aromatic nitrogens is 2. The van der Waals surface area contributed by atoms with Crippen LogP contribution in [0.1, 0.15) is 60.3 Å². The smallest absolute Gasteiger partial charge is 0.326 e. The standard InChI is InChI=1S/C21H27N3O4S/c25-18(19-7-4-8-29-19)10-15(9-14-5-2-1-3-6-14)20(26)24-17(21(27)28)11-16-12-22-13-23-16/h4,7-8,12-15,17H,1-3,5-6,9-11H2,(H,22,23)(H,24,26)(H,27,28)/t15?,17-/m0/s1. The number of nitrogens with zero attached hydrogens (tertiary/aromatic N) is 1. The molecule has 1 aliphatic rings. The lowest BCUT2D eigenvalue weighted by Crippen LogP contribution is -2.45. The Hall–Kier alpha value is -2.48. The molecule has 7 nitrogen and oxygen atoms in total. The highest BCUT2D eigenvalue weighted by Crippen LogP contribution is 2.31. The Kier molecular flexibility index (Phi) is 7.57. The fourth-order valence-electron chi connectivity index (χ4n) is 3.97. The molecular formula is C21H27N3O4S. The Balaban J connectivity index is 1.69. The lowest BCUT2D eigenvalue weighted by Gasteiger charge is -2.26. The zero-order valence-corrected chi connectivity index (χ0v) is 17.1. The first-order chi connectivity index (χ1) is 14.0. The van der Waals surface area contributed by atoms with Gasteiger partial charge >= 0.3 is 5.97 Å². The Labute approximate surface area is 173 Å². The fourth-order valence-corrected chi connectivity index (χ4v) is 4.65. The molecular weight excluding hydrogens is 390 g/mol. The van der Waals surface area contributed by atoms with Crippen LogP contribution in [0, 0.1) is 11.8 Å². The maximum Gasteiger partial charge on any atom is 0.326 e. The van der Waals surface area contributed by atoms with E-state index in [1.165, 1.54) is 24.1 Å². The average molecular weight is 418 g/mol. The number of hydrogen-bond donors (Lipinski definition) is 3. The molecule has 1 unspecified atom stereocenters. The highest BCUT2D eigenvalue weighted by molar-refractivity contribution is 7.12. The molecule has 1 aliphatic carbocycles. The van der Waals surface area contributed by atoms with Crippen molar-refractivity contribution in [2.45, 2.75) is 57.4 Å². The lowest BCUT2D eigenvalue weighted by atomic mass is 9.81. The summed E-state index contributed by atoms with van der Waals surface area (Å²) in [6.45, 7) is 0. The number of aliphatic carboxylic acids is 1. The van der Waals surface area contributed by atoms with Crippen LogP contribution in [0.25, 0.3) is 0 Å². The number of ketones is 1. The predicted molar refractivity (Wildman–Crippen MR) is 110 cm³/mol. The molecule has 1 fully saturated rings. The summed E-state index contributed by atoms with van der Waals surface area (Å²) in [4.78, 5) is 44.8. The lowest BCUT2D eigenvalue weighted by molar-refractivity contribution is -0.142. The number of rotatable bonds is 10. The number of carboxylic acids is 1. The van der Waals surface area contributed by atoms with Gasteiger partial charge < -0.3 is 15.4 Å². The van der Waals surface area contributed by atoms with E-state index in [1.807, 2.05) is 11.4 Å². The van der Waals surface area contributed by atoms with Gasteiger partial charge in [-0.15, -0.1) is 11.3 Å². The fraction of sp³-hybridized carbons (Fsp3) is 0.524. The minimum atomic E-state index is -1.11. The van der Waals surface area contributed by atoms with E-state index in [1.54, 1.807) is 12.3 Å². The molecule has 0 bridgehead atoms. The molecule has 8 heteroatoms. The van der Waals surface area contributed by atoms with Crippen molar-refractivity contribution in [3.63, 3.8) is 0 Å². The first kappa shape index (κ1) is 21.2. The van der Waals surface area contributed by atoms with E-state index in [0.29, 0.717) is 22.9 Å². The van der Waals surface area contributed by atoms with Crippen molar-refractivity contribution in [3.8, 4) is 0 Å². The Morgan fingerprint density at radius 3 is 2.69 bits per heavy atom. The molecule has 2 atom stereocenters. The van der Waals surface area contributed by atoms with Gasteiger partial charge in [-0.3, -0.25) is 9.59 Å². The monoisotopic (exact) mass is 417 g/mol. The van der Waals surface area contributed by atoms with Crippen LogP contribution < -0.4 is 5.32 Å². The average Bonchev–Trinajstić information content (AvgIpc) is 3.41. The normalized spacial score (nSPS) is 16.8. The molecule has 1 saturated carbocycles. The minimum absolute atomic E-state index is 0.0601. The number of carboxylic acid groups (broad SMARTS) is 1. The third-order valence-corrected chi connectivity index (χ3v) is 6.43. The van der Waals surface area contributed by atoms with Crippen LogP contribution in [0.5, 0.6) is 0 Å². The molecule has 1 amide bonds. The number of carbonyl (C=O) groups is 3. The summed E-state index contributed by atoms with van der Waals surface area (Å²) in [5.41, 5.74) is 0.566. The number of aromatic amines is 1. The van der Waals surface area contributed by atoms with Gasteiger partial charge in [0.25, 0.3) is 0 Å². The number of imidazole rings is 1. The van der Waals surface area contributed by atoms with E-state index in [4.69, 9.17) is 0 Å². The van der Waals surface area contributed by atoms with Gasteiger partial charge in [0.15, 0.2) is 5.78 Å².